The molecule has 2 heterocycles. The molecule has 1 aliphatic rings. The number of hydrogen-bond donors (Lipinski definition) is 1. The maximum atomic E-state index is 13.8. The average Bonchev–Trinajstić information content (AvgIpc) is 3.42. The first-order valence-corrected chi connectivity index (χ1v) is 12.2. The molecule has 1 aliphatic heterocycles. The van der Waals surface area contributed by atoms with Gasteiger partial charge in [0.05, 0.1) is 18.2 Å². The van der Waals surface area contributed by atoms with Crippen molar-refractivity contribution in [3.05, 3.63) is 100 Å². The van der Waals surface area contributed by atoms with Gasteiger partial charge in [0, 0.05) is 35.9 Å². The summed E-state index contributed by atoms with van der Waals surface area (Å²) in [5.74, 6) is -1.29. The zero-order valence-corrected chi connectivity index (χ0v) is 21.3. The summed E-state index contributed by atoms with van der Waals surface area (Å²) >= 11 is 6.10. The lowest BCUT2D eigenvalue weighted by Gasteiger charge is -2.27. The van der Waals surface area contributed by atoms with Crippen molar-refractivity contribution >= 4 is 45.6 Å². The van der Waals surface area contributed by atoms with Crippen LogP contribution in [0, 0.1) is 0 Å². The maximum absolute atomic E-state index is 13.8. The number of anilines is 2. The van der Waals surface area contributed by atoms with Gasteiger partial charge in [-0.15, -0.1) is 0 Å². The van der Waals surface area contributed by atoms with Crippen LogP contribution >= 0.6 is 11.6 Å². The van der Waals surface area contributed by atoms with Gasteiger partial charge in [0.1, 0.15) is 11.3 Å². The quantitative estimate of drug-likeness (QED) is 0.289. The van der Waals surface area contributed by atoms with Crippen LogP contribution in [0.2, 0.25) is 5.02 Å². The Balaban J connectivity index is 1.64. The number of ketones is 1. The first-order valence-electron chi connectivity index (χ1n) is 11.8. The standard InChI is InChI=1S/C29H25ClN2O5/c1-4-36-22-7-5-6-17(15-22)26-25(27(33)24-16-18-14-19(30)8-13-23(18)37-24)28(34)29(35)32(26)21-11-9-20(10-12-21)31(2)3/h5-16,26,34H,4H2,1-3H3. The lowest BCUT2D eigenvalue weighted by atomic mass is 9.94. The van der Waals surface area contributed by atoms with Crippen molar-refractivity contribution in [3.63, 3.8) is 0 Å². The highest BCUT2D eigenvalue weighted by Crippen LogP contribution is 2.43. The maximum Gasteiger partial charge on any atom is 0.294 e. The van der Waals surface area contributed by atoms with Gasteiger partial charge in [0.15, 0.2) is 11.5 Å². The highest BCUT2D eigenvalue weighted by atomic mass is 35.5. The van der Waals surface area contributed by atoms with E-state index in [9.17, 15) is 14.7 Å². The van der Waals surface area contributed by atoms with Crippen molar-refractivity contribution in [2.75, 3.05) is 30.5 Å². The van der Waals surface area contributed by atoms with Gasteiger partial charge in [0.2, 0.25) is 5.78 Å². The van der Waals surface area contributed by atoms with E-state index in [0.29, 0.717) is 39.6 Å². The number of Topliss-reactive ketones (excluding diaryl/α,β-unsaturated/α-hetero) is 1. The molecule has 1 unspecified atom stereocenters. The van der Waals surface area contributed by atoms with Crippen molar-refractivity contribution in [3.8, 4) is 5.75 Å². The zero-order valence-electron chi connectivity index (χ0n) is 20.6. The van der Waals surface area contributed by atoms with E-state index in [-0.39, 0.29) is 11.3 Å². The molecule has 0 saturated heterocycles. The molecule has 0 fully saturated rings. The van der Waals surface area contributed by atoms with Gasteiger partial charge in [-0.1, -0.05) is 23.7 Å². The van der Waals surface area contributed by atoms with Crippen LogP contribution < -0.4 is 14.5 Å². The predicted octanol–water partition coefficient (Wildman–Crippen LogP) is 6.33. The van der Waals surface area contributed by atoms with Gasteiger partial charge in [-0.3, -0.25) is 14.5 Å². The zero-order chi connectivity index (χ0) is 26.3. The predicted molar refractivity (Wildman–Crippen MR) is 144 cm³/mol. The Bertz CT molecular complexity index is 1540. The van der Waals surface area contributed by atoms with E-state index in [1.807, 2.05) is 38.1 Å². The summed E-state index contributed by atoms with van der Waals surface area (Å²) in [5.41, 5.74) is 2.50. The van der Waals surface area contributed by atoms with Gasteiger partial charge < -0.3 is 19.2 Å². The molecule has 0 bridgehead atoms. The molecule has 0 radical (unpaired) electrons. The van der Waals surface area contributed by atoms with Gasteiger partial charge in [0.25, 0.3) is 5.91 Å². The second-order valence-corrected chi connectivity index (χ2v) is 9.31. The third-order valence-corrected chi connectivity index (χ3v) is 6.52. The van der Waals surface area contributed by atoms with Crippen molar-refractivity contribution < 1.29 is 23.8 Å². The van der Waals surface area contributed by atoms with Crippen LogP contribution in [0.3, 0.4) is 0 Å². The molecule has 0 spiro atoms. The molecule has 7 nitrogen and oxygen atoms in total. The number of hydrogen-bond acceptors (Lipinski definition) is 6. The molecule has 0 aliphatic carbocycles. The fraction of sp³-hybridized carbons (Fsp3) is 0.172. The van der Waals surface area contributed by atoms with Crippen molar-refractivity contribution in [2.45, 2.75) is 13.0 Å². The van der Waals surface area contributed by atoms with Gasteiger partial charge in [-0.2, -0.15) is 0 Å². The molecule has 4 aromatic rings. The number of amides is 1. The smallest absolute Gasteiger partial charge is 0.294 e. The Morgan fingerprint density at radius 1 is 1.08 bits per heavy atom. The largest absolute Gasteiger partial charge is 0.503 e. The van der Waals surface area contributed by atoms with E-state index < -0.39 is 23.5 Å². The van der Waals surface area contributed by atoms with Crippen LogP contribution in [-0.2, 0) is 4.79 Å². The summed E-state index contributed by atoms with van der Waals surface area (Å²) in [6.07, 6.45) is 0. The summed E-state index contributed by atoms with van der Waals surface area (Å²) in [5, 5.41) is 12.2. The molecule has 3 aromatic carbocycles. The summed E-state index contributed by atoms with van der Waals surface area (Å²) in [6, 6.07) is 20.2. The summed E-state index contributed by atoms with van der Waals surface area (Å²) in [7, 11) is 3.84. The topological polar surface area (TPSA) is 83.2 Å². The van der Waals surface area contributed by atoms with Crippen molar-refractivity contribution in [2.24, 2.45) is 0 Å². The van der Waals surface area contributed by atoms with Crippen molar-refractivity contribution in [1.82, 2.24) is 0 Å². The average molecular weight is 517 g/mol. The lowest BCUT2D eigenvalue weighted by Crippen LogP contribution is -2.31. The normalized spacial score (nSPS) is 15.5. The molecule has 1 N–H and O–H groups in total. The Labute approximate surface area is 219 Å². The van der Waals surface area contributed by atoms with Crippen LogP contribution in [0.5, 0.6) is 5.75 Å². The molecular formula is C29H25ClN2O5. The summed E-state index contributed by atoms with van der Waals surface area (Å²) in [4.78, 5) is 30.6. The Morgan fingerprint density at radius 2 is 1.84 bits per heavy atom. The van der Waals surface area contributed by atoms with Crippen LogP contribution in [0.1, 0.15) is 29.1 Å². The van der Waals surface area contributed by atoms with E-state index in [1.54, 1.807) is 60.7 Å². The van der Waals surface area contributed by atoms with E-state index >= 15 is 0 Å². The number of carbonyl (C=O) groups is 2. The number of nitrogens with zero attached hydrogens (tertiary/aromatic N) is 2. The Hall–Kier alpha value is -4.23. The highest BCUT2D eigenvalue weighted by Gasteiger charge is 2.45. The molecule has 1 amide bonds. The minimum absolute atomic E-state index is 0.00221. The third-order valence-electron chi connectivity index (χ3n) is 6.28. The van der Waals surface area contributed by atoms with E-state index in [0.717, 1.165) is 5.69 Å². The number of furan rings is 1. The number of aliphatic hydroxyl groups excluding tert-OH is 1. The number of carbonyl (C=O) groups excluding carboxylic acids is 2. The minimum Gasteiger partial charge on any atom is -0.503 e. The van der Waals surface area contributed by atoms with Crippen LogP contribution in [0.4, 0.5) is 11.4 Å². The molecule has 8 heteroatoms. The molecule has 37 heavy (non-hydrogen) atoms. The molecule has 1 aromatic heterocycles. The highest BCUT2D eigenvalue weighted by molar-refractivity contribution is 6.31. The van der Waals surface area contributed by atoms with E-state index in [4.69, 9.17) is 20.8 Å². The Kier molecular flexibility index (Phi) is 6.39. The summed E-state index contributed by atoms with van der Waals surface area (Å²) in [6.45, 7) is 2.33. The minimum atomic E-state index is -0.901. The van der Waals surface area contributed by atoms with Crippen LogP contribution in [-0.4, -0.2) is 37.5 Å². The second kappa shape index (κ2) is 9.67. The van der Waals surface area contributed by atoms with Crippen LogP contribution in [0.25, 0.3) is 11.0 Å². The van der Waals surface area contributed by atoms with E-state index in [2.05, 4.69) is 0 Å². The molecule has 188 valence electrons. The summed E-state index contributed by atoms with van der Waals surface area (Å²) < 4.78 is 11.5. The molecular weight excluding hydrogens is 492 g/mol. The first-order chi connectivity index (χ1) is 17.8. The lowest BCUT2D eigenvalue weighted by molar-refractivity contribution is -0.117. The number of benzene rings is 3. The third kappa shape index (κ3) is 4.42. The number of halogens is 1. The number of aliphatic hydroxyl groups is 1. The Morgan fingerprint density at radius 3 is 2.54 bits per heavy atom. The van der Waals surface area contributed by atoms with Crippen LogP contribution in [0.15, 0.2) is 88.5 Å². The van der Waals surface area contributed by atoms with Gasteiger partial charge in [-0.25, -0.2) is 0 Å². The fourth-order valence-corrected chi connectivity index (χ4v) is 4.71. The van der Waals surface area contributed by atoms with E-state index in [1.165, 1.54) is 4.90 Å². The van der Waals surface area contributed by atoms with Gasteiger partial charge >= 0.3 is 0 Å². The molecule has 0 saturated carbocycles. The first kappa shape index (κ1) is 24.5. The number of rotatable bonds is 7. The number of fused-ring (bicyclic) bond motifs is 1. The SMILES string of the molecule is CCOc1cccc(C2C(C(=O)c3cc4cc(Cl)ccc4o3)=C(O)C(=O)N2c2ccc(N(C)C)cc2)c1. The fourth-order valence-electron chi connectivity index (χ4n) is 4.53. The monoisotopic (exact) mass is 516 g/mol. The molecule has 5 rings (SSSR count). The molecule has 1 atom stereocenters. The van der Waals surface area contributed by atoms with Crippen molar-refractivity contribution in [1.29, 1.82) is 0 Å². The number of ether oxygens (including phenoxy) is 1. The second-order valence-electron chi connectivity index (χ2n) is 8.88. The van der Waals surface area contributed by atoms with Gasteiger partial charge in [-0.05, 0) is 73.2 Å².